The summed E-state index contributed by atoms with van der Waals surface area (Å²) in [5, 5.41) is 17.6. The van der Waals surface area contributed by atoms with Gasteiger partial charge < -0.3 is 10.0 Å². The average Bonchev–Trinajstić information content (AvgIpc) is 2.47. The lowest BCUT2D eigenvalue weighted by molar-refractivity contribution is -0.137. The number of β-amino-alcohol motifs (C(OH)–C–C–N with tert-alkyl or cyclic N) is 1. The van der Waals surface area contributed by atoms with Gasteiger partial charge in [-0.1, -0.05) is 0 Å². The van der Waals surface area contributed by atoms with E-state index < -0.39 is 11.7 Å². The summed E-state index contributed by atoms with van der Waals surface area (Å²) >= 11 is 0. The van der Waals surface area contributed by atoms with E-state index in [-0.39, 0.29) is 17.9 Å². The van der Waals surface area contributed by atoms with E-state index in [4.69, 9.17) is 10.4 Å². The fraction of sp³-hybridized carbons (Fsp3) is 0.500. The van der Waals surface area contributed by atoms with E-state index in [1.54, 1.807) is 11.0 Å². The molecular formula is C14H16F3N3O. The smallest absolute Gasteiger partial charge is 0.395 e. The summed E-state index contributed by atoms with van der Waals surface area (Å²) in [6.45, 7) is 2.73. The maximum Gasteiger partial charge on any atom is 0.418 e. The lowest BCUT2D eigenvalue weighted by Crippen LogP contribution is -2.47. The first-order valence-electron chi connectivity index (χ1n) is 6.65. The van der Waals surface area contributed by atoms with Gasteiger partial charge in [0.2, 0.25) is 0 Å². The molecule has 0 unspecified atom stereocenters. The van der Waals surface area contributed by atoms with Gasteiger partial charge in [-0.2, -0.15) is 18.4 Å². The van der Waals surface area contributed by atoms with Crippen LogP contribution in [0, 0.1) is 11.3 Å². The second kappa shape index (κ2) is 6.33. The predicted octanol–water partition coefficient (Wildman–Crippen LogP) is 1.69. The Labute approximate surface area is 121 Å². The molecular weight excluding hydrogens is 283 g/mol. The maximum atomic E-state index is 13.1. The number of nitriles is 1. The first-order valence-corrected chi connectivity index (χ1v) is 6.65. The molecule has 1 aromatic carbocycles. The predicted molar refractivity (Wildman–Crippen MR) is 71.9 cm³/mol. The van der Waals surface area contributed by atoms with Crippen molar-refractivity contribution in [2.45, 2.75) is 6.18 Å². The largest absolute Gasteiger partial charge is 0.418 e. The molecule has 0 spiro atoms. The Bertz CT molecular complexity index is 531. The number of rotatable bonds is 3. The van der Waals surface area contributed by atoms with Crippen molar-refractivity contribution < 1.29 is 18.3 Å². The standard InChI is InChI=1S/C14H16F3N3O/c15-14(16,17)12-9-11(10-18)1-2-13(12)20-5-3-19(4-6-20)7-8-21/h1-2,9,21H,3-8H2. The molecule has 4 nitrogen and oxygen atoms in total. The molecule has 1 fully saturated rings. The lowest BCUT2D eigenvalue weighted by Gasteiger charge is -2.36. The minimum atomic E-state index is -4.48. The molecule has 21 heavy (non-hydrogen) atoms. The zero-order valence-electron chi connectivity index (χ0n) is 11.4. The number of aliphatic hydroxyl groups excluding tert-OH is 1. The van der Waals surface area contributed by atoms with Gasteiger partial charge in [0.1, 0.15) is 0 Å². The second-order valence-electron chi connectivity index (χ2n) is 4.89. The molecule has 1 N–H and O–H groups in total. The van der Waals surface area contributed by atoms with Crippen LogP contribution in [0.3, 0.4) is 0 Å². The zero-order valence-corrected chi connectivity index (χ0v) is 11.4. The first kappa shape index (κ1) is 15.6. The molecule has 114 valence electrons. The number of hydrogen-bond acceptors (Lipinski definition) is 4. The fourth-order valence-corrected chi connectivity index (χ4v) is 2.46. The van der Waals surface area contributed by atoms with Crippen LogP contribution >= 0.6 is 0 Å². The zero-order chi connectivity index (χ0) is 15.5. The van der Waals surface area contributed by atoms with E-state index in [0.717, 1.165) is 6.07 Å². The summed E-state index contributed by atoms with van der Waals surface area (Å²) in [4.78, 5) is 3.69. The van der Waals surface area contributed by atoms with Gasteiger partial charge in [0.15, 0.2) is 0 Å². The van der Waals surface area contributed by atoms with Crippen molar-refractivity contribution in [3.05, 3.63) is 29.3 Å². The van der Waals surface area contributed by atoms with Crippen LogP contribution in [0.4, 0.5) is 18.9 Å². The topological polar surface area (TPSA) is 50.5 Å². The van der Waals surface area contributed by atoms with Crippen LogP contribution < -0.4 is 4.90 Å². The van der Waals surface area contributed by atoms with Crippen LogP contribution in [0.15, 0.2) is 18.2 Å². The molecule has 0 atom stereocenters. The van der Waals surface area contributed by atoms with Crippen molar-refractivity contribution in [3.63, 3.8) is 0 Å². The number of anilines is 1. The third-order valence-corrected chi connectivity index (χ3v) is 3.56. The monoisotopic (exact) mass is 299 g/mol. The highest BCUT2D eigenvalue weighted by atomic mass is 19.4. The van der Waals surface area contributed by atoms with Crippen LogP contribution in [-0.2, 0) is 6.18 Å². The molecule has 0 aliphatic carbocycles. The highest BCUT2D eigenvalue weighted by Crippen LogP contribution is 2.37. The molecule has 1 heterocycles. The number of piperazine rings is 1. The van der Waals surface area contributed by atoms with E-state index in [9.17, 15) is 13.2 Å². The summed E-state index contributed by atoms with van der Waals surface area (Å²) < 4.78 is 39.4. The maximum absolute atomic E-state index is 13.1. The lowest BCUT2D eigenvalue weighted by atomic mass is 10.1. The Morgan fingerprint density at radius 1 is 1.19 bits per heavy atom. The molecule has 0 bridgehead atoms. The number of nitrogens with zero attached hydrogens (tertiary/aromatic N) is 3. The molecule has 0 radical (unpaired) electrons. The van der Waals surface area contributed by atoms with Gasteiger partial charge in [0.25, 0.3) is 0 Å². The van der Waals surface area contributed by atoms with Gasteiger partial charge in [-0.05, 0) is 18.2 Å². The summed E-state index contributed by atoms with van der Waals surface area (Å²) in [5.41, 5.74) is -0.646. The first-order chi connectivity index (χ1) is 9.95. The quantitative estimate of drug-likeness (QED) is 0.923. The number of benzene rings is 1. The Morgan fingerprint density at radius 3 is 2.38 bits per heavy atom. The third kappa shape index (κ3) is 3.65. The van der Waals surface area contributed by atoms with Crippen molar-refractivity contribution in [2.75, 3.05) is 44.2 Å². The minimum Gasteiger partial charge on any atom is -0.395 e. The van der Waals surface area contributed by atoms with E-state index in [2.05, 4.69) is 0 Å². The van der Waals surface area contributed by atoms with Gasteiger partial charge in [0, 0.05) is 38.4 Å². The third-order valence-electron chi connectivity index (χ3n) is 3.56. The SMILES string of the molecule is N#Cc1ccc(N2CCN(CCO)CC2)c(C(F)(F)F)c1. The number of alkyl halides is 3. The van der Waals surface area contributed by atoms with Gasteiger partial charge in [0.05, 0.1) is 23.8 Å². The summed E-state index contributed by atoms with van der Waals surface area (Å²) in [7, 11) is 0. The van der Waals surface area contributed by atoms with Crippen molar-refractivity contribution in [2.24, 2.45) is 0 Å². The van der Waals surface area contributed by atoms with Crippen molar-refractivity contribution in [1.29, 1.82) is 5.26 Å². The molecule has 1 aliphatic rings. The average molecular weight is 299 g/mol. The number of halogens is 3. The normalized spacial score (nSPS) is 16.8. The van der Waals surface area contributed by atoms with Crippen LogP contribution in [0.1, 0.15) is 11.1 Å². The minimum absolute atomic E-state index is 0.00462. The molecule has 1 aromatic rings. The molecule has 1 aliphatic heterocycles. The van der Waals surface area contributed by atoms with E-state index in [1.807, 2.05) is 4.90 Å². The van der Waals surface area contributed by atoms with Crippen LogP contribution in [0.25, 0.3) is 0 Å². The van der Waals surface area contributed by atoms with Gasteiger partial charge in [-0.3, -0.25) is 4.90 Å². The van der Waals surface area contributed by atoms with E-state index in [0.29, 0.717) is 32.7 Å². The van der Waals surface area contributed by atoms with E-state index >= 15 is 0 Å². The Kier molecular flexibility index (Phi) is 4.70. The van der Waals surface area contributed by atoms with Gasteiger partial charge >= 0.3 is 6.18 Å². The molecule has 0 amide bonds. The van der Waals surface area contributed by atoms with Crippen molar-refractivity contribution >= 4 is 5.69 Å². The summed E-state index contributed by atoms with van der Waals surface area (Å²) in [6, 6.07) is 5.41. The van der Waals surface area contributed by atoms with Crippen LogP contribution in [0.5, 0.6) is 0 Å². The summed E-state index contributed by atoms with van der Waals surface area (Å²) in [6.07, 6.45) is -4.48. The number of aliphatic hydroxyl groups is 1. The molecule has 0 aromatic heterocycles. The van der Waals surface area contributed by atoms with Gasteiger partial charge in [-0.15, -0.1) is 0 Å². The fourth-order valence-electron chi connectivity index (χ4n) is 2.46. The van der Waals surface area contributed by atoms with Crippen LogP contribution in [-0.4, -0.2) is 49.3 Å². The van der Waals surface area contributed by atoms with Gasteiger partial charge in [-0.25, -0.2) is 0 Å². The molecule has 2 rings (SSSR count). The highest BCUT2D eigenvalue weighted by Gasteiger charge is 2.35. The van der Waals surface area contributed by atoms with Crippen molar-refractivity contribution in [3.8, 4) is 6.07 Å². The van der Waals surface area contributed by atoms with E-state index in [1.165, 1.54) is 12.1 Å². The van der Waals surface area contributed by atoms with Crippen molar-refractivity contribution in [1.82, 2.24) is 4.90 Å². The molecule has 1 saturated heterocycles. The van der Waals surface area contributed by atoms with Crippen LogP contribution in [0.2, 0.25) is 0 Å². The Hall–Kier alpha value is -1.78. The Morgan fingerprint density at radius 2 is 1.86 bits per heavy atom. The highest BCUT2D eigenvalue weighted by molar-refractivity contribution is 5.58. The summed E-state index contributed by atoms with van der Waals surface area (Å²) in [5.74, 6) is 0. The number of hydrogen-bond donors (Lipinski definition) is 1. The molecule has 0 saturated carbocycles. The Balaban J connectivity index is 2.23. The molecule has 7 heteroatoms. The second-order valence-corrected chi connectivity index (χ2v) is 4.89.